The van der Waals surface area contributed by atoms with Gasteiger partial charge in [0.1, 0.15) is 0 Å². The van der Waals surface area contributed by atoms with Crippen molar-refractivity contribution in [3.05, 3.63) is 12.7 Å². The van der Waals surface area contributed by atoms with Crippen molar-refractivity contribution in [2.45, 2.75) is 12.5 Å². The lowest BCUT2D eigenvalue weighted by atomic mass is 10.0. The Morgan fingerprint density at radius 1 is 1.67 bits per heavy atom. The molecule has 1 unspecified atom stereocenters. The highest BCUT2D eigenvalue weighted by atomic mass is 15.0. The zero-order valence-corrected chi connectivity index (χ0v) is 5.64. The summed E-state index contributed by atoms with van der Waals surface area (Å²) in [5.74, 6) is 0.627. The number of allylic oxidation sites excluding steroid dienone is 1. The fourth-order valence-corrected chi connectivity index (χ4v) is 1.23. The topological polar surface area (TPSA) is 38.0 Å². The first-order valence-corrected chi connectivity index (χ1v) is 3.42. The Hall–Kier alpha value is -0.340. The Labute approximate surface area is 56.1 Å². The van der Waals surface area contributed by atoms with Gasteiger partial charge in [0.25, 0.3) is 0 Å². The van der Waals surface area contributed by atoms with Gasteiger partial charge in [0.05, 0.1) is 0 Å². The zero-order chi connectivity index (χ0) is 6.69. The summed E-state index contributed by atoms with van der Waals surface area (Å²) in [4.78, 5) is 0. The van der Waals surface area contributed by atoms with Crippen molar-refractivity contribution in [3.8, 4) is 0 Å². The maximum Gasteiger partial charge on any atom is 0.0209 e. The van der Waals surface area contributed by atoms with Gasteiger partial charge in [-0.3, -0.25) is 0 Å². The summed E-state index contributed by atoms with van der Waals surface area (Å²) >= 11 is 0. The van der Waals surface area contributed by atoms with Crippen LogP contribution in [0, 0.1) is 5.92 Å². The van der Waals surface area contributed by atoms with Crippen LogP contribution < -0.4 is 11.1 Å². The van der Waals surface area contributed by atoms with Crippen LogP contribution in [0.2, 0.25) is 0 Å². The molecule has 9 heavy (non-hydrogen) atoms. The van der Waals surface area contributed by atoms with E-state index in [1.807, 2.05) is 6.08 Å². The number of rotatable bonds is 2. The van der Waals surface area contributed by atoms with E-state index in [1.165, 1.54) is 0 Å². The molecule has 52 valence electrons. The summed E-state index contributed by atoms with van der Waals surface area (Å²) in [7, 11) is 0. The van der Waals surface area contributed by atoms with Crippen LogP contribution in [-0.2, 0) is 0 Å². The molecule has 1 saturated heterocycles. The van der Waals surface area contributed by atoms with Crippen molar-refractivity contribution in [3.63, 3.8) is 0 Å². The Balaban J connectivity index is 2.30. The molecule has 0 bridgehead atoms. The minimum Gasteiger partial charge on any atom is -0.326 e. The molecule has 0 saturated carbocycles. The summed E-state index contributed by atoms with van der Waals surface area (Å²) in [6.45, 7) is 5.71. The third-order valence-corrected chi connectivity index (χ3v) is 1.86. The molecule has 1 aliphatic heterocycles. The van der Waals surface area contributed by atoms with Crippen molar-refractivity contribution in [2.24, 2.45) is 11.7 Å². The van der Waals surface area contributed by atoms with E-state index in [0.717, 1.165) is 19.5 Å². The van der Waals surface area contributed by atoms with Crippen molar-refractivity contribution in [1.82, 2.24) is 5.32 Å². The lowest BCUT2D eigenvalue weighted by Gasteiger charge is -2.09. The first-order valence-electron chi connectivity index (χ1n) is 3.42. The van der Waals surface area contributed by atoms with Gasteiger partial charge in [-0.05, 0) is 18.9 Å². The number of hydrogen-bond donors (Lipinski definition) is 2. The van der Waals surface area contributed by atoms with Crippen molar-refractivity contribution in [2.75, 3.05) is 13.1 Å². The smallest absolute Gasteiger partial charge is 0.0209 e. The summed E-state index contributed by atoms with van der Waals surface area (Å²) in [6.07, 6.45) is 2.99. The molecule has 2 nitrogen and oxygen atoms in total. The van der Waals surface area contributed by atoms with Crippen LogP contribution in [0.25, 0.3) is 0 Å². The van der Waals surface area contributed by atoms with E-state index in [1.54, 1.807) is 0 Å². The van der Waals surface area contributed by atoms with Crippen molar-refractivity contribution >= 4 is 0 Å². The predicted molar refractivity (Wildman–Crippen MR) is 39.1 cm³/mol. The molecular formula is C7H14N2. The van der Waals surface area contributed by atoms with Crippen LogP contribution in [0.15, 0.2) is 12.7 Å². The average molecular weight is 126 g/mol. The Morgan fingerprint density at radius 3 is 2.89 bits per heavy atom. The van der Waals surface area contributed by atoms with E-state index in [4.69, 9.17) is 5.73 Å². The summed E-state index contributed by atoms with van der Waals surface area (Å²) in [5, 5.41) is 3.23. The van der Waals surface area contributed by atoms with Gasteiger partial charge in [-0.25, -0.2) is 0 Å². The SMILES string of the molecule is C=CCC1CNC[C@H]1N. The normalized spacial score (nSPS) is 34.8. The van der Waals surface area contributed by atoms with E-state index in [-0.39, 0.29) is 0 Å². The lowest BCUT2D eigenvalue weighted by molar-refractivity contribution is 0.522. The number of nitrogens with one attached hydrogen (secondary N) is 1. The average Bonchev–Trinajstić information content (AvgIpc) is 2.18. The molecular weight excluding hydrogens is 112 g/mol. The molecule has 0 aromatic carbocycles. The molecule has 2 atom stereocenters. The van der Waals surface area contributed by atoms with Crippen LogP contribution in [0.5, 0.6) is 0 Å². The van der Waals surface area contributed by atoms with Gasteiger partial charge in [-0.2, -0.15) is 0 Å². The van der Waals surface area contributed by atoms with Gasteiger partial charge in [-0.15, -0.1) is 6.58 Å². The molecule has 0 amide bonds. The number of hydrogen-bond acceptors (Lipinski definition) is 2. The maximum atomic E-state index is 5.75. The molecule has 0 aromatic rings. The van der Waals surface area contributed by atoms with E-state index < -0.39 is 0 Å². The molecule has 1 rings (SSSR count). The molecule has 2 heteroatoms. The lowest BCUT2D eigenvalue weighted by Crippen LogP contribution is -2.28. The first-order chi connectivity index (χ1) is 4.34. The molecule has 3 N–H and O–H groups in total. The minimum atomic E-state index is 0.350. The van der Waals surface area contributed by atoms with E-state index in [0.29, 0.717) is 12.0 Å². The highest BCUT2D eigenvalue weighted by molar-refractivity contribution is 4.88. The van der Waals surface area contributed by atoms with E-state index in [9.17, 15) is 0 Å². The van der Waals surface area contributed by atoms with Gasteiger partial charge in [-0.1, -0.05) is 6.08 Å². The van der Waals surface area contributed by atoms with Gasteiger partial charge in [0.2, 0.25) is 0 Å². The second kappa shape index (κ2) is 2.99. The predicted octanol–water partition coefficient (Wildman–Crippen LogP) is 0.109. The quantitative estimate of drug-likeness (QED) is 0.515. The maximum absolute atomic E-state index is 5.75. The van der Waals surface area contributed by atoms with E-state index in [2.05, 4.69) is 11.9 Å². The molecule has 0 radical (unpaired) electrons. The fourth-order valence-electron chi connectivity index (χ4n) is 1.23. The highest BCUT2D eigenvalue weighted by Gasteiger charge is 2.21. The fraction of sp³-hybridized carbons (Fsp3) is 0.714. The molecule has 0 spiro atoms. The molecule has 1 heterocycles. The van der Waals surface area contributed by atoms with E-state index >= 15 is 0 Å². The number of nitrogens with two attached hydrogens (primary N) is 1. The third-order valence-electron chi connectivity index (χ3n) is 1.86. The van der Waals surface area contributed by atoms with Gasteiger partial charge in [0, 0.05) is 12.6 Å². The largest absolute Gasteiger partial charge is 0.326 e. The third kappa shape index (κ3) is 1.53. The molecule has 1 aliphatic rings. The molecule has 0 aliphatic carbocycles. The molecule has 1 fully saturated rings. The van der Waals surface area contributed by atoms with Crippen LogP contribution in [-0.4, -0.2) is 19.1 Å². The van der Waals surface area contributed by atoms with Crippen LogP contribution in [0.3, 0.4) is 0 Å². The standard InChI is InChI=1S/C7H14N2/c1-2-3-6-4-9-5-7(6)8/h2,6-7,9H,1,3-5,8H2/t6?,7-/m1/s1. The summed E-state index contributed by atoms with van der Waals surface area (Å²) in [6, 6.07) is 0.350. The first kappa shape index (κ1) is 6.78. The Kier molecular flexibility index (Phi) is 2.25. The summed E-state index contributed by atoms with van der Waals surface area (Å²) in [5.41, 5.74) is 5.75. The van der Waals surface area contributed by atoms with Gasteiger partial charge >= 0.3 is 0 Å². The van der Waals surface area contributed by atoms with Crippen LogP contribution in [0.1, 0.15) is 6.42 Å². The monoisotopic (exact) mass is 126 g/mol. The van der Waals surface area contributed by atoms with Crippen molar-refractivity contribution < 1.29 is 0 Å². The zero-order valence-electron chi connectivity index (χ0n) is 5.64. The van der Waals surface area contributed by atoms with Gasteiger partial charge < -0.3 is 11.1 Å². The second-order valence-corrected chi connectivity index (χ2v) is 2.61. The summed E-state index contributed by atoms with van der Waals surface area (Å²) < 4.78 is 0. The Morgan fingerprint density at radius 2 is 2.44 bits per heavy atom. The molecule has 0 aromatic heterocycles. The van der Waals surface area contributed by atoms with Crippen LogP contribution in [0.4, 0.5) is 0 Å². The van der Waals surface area contributed by atoms with Gasteiger partial charge in [0.15, 0.2) is 0 Å². The Bertz CT molecular complexity index is 101. The highest BCUT2D eigenvalue weighted by Crippen LogP contribution is 2.10. The second-order valence-electron chi connectivity index (χ2n) is 2.61. The minimum absolute atomic E-state index is 0.350. The van der Waals surface area contributed by atoms with Crippen LogP contribution >= 0.6 is 0 Å². The van der Waals surface area contributed by atoms with Crippen molar-refractivity contribution in [1.29, 1.82) is 0 Å².